The molecule has 12 heavy (non-hydrogen) atoms. The Morgan fingerprint density at radius 3 is 2.50 bits per heavy atom. The number of hydrogen-bond acceptors (Lipinski definition) is 4. The van der Waals surface area contributed by atoms with Gasteiger partial charge >= 0.3 is 51.4 Å². The molecule has 2 N–H and O–H groups in total. The summed E-state index contributed by atoms with van der Waals surface area (Å²) in [5, 5.41) is 2.64. The molecule has 66 valence electrons. The fraction of sp³-hybridized carbons (Fsp3) is 0.750. The molecule has 0 rings (SSSR count). The van der Waals surface area contributed by atoms with Crippen molar-refractivity contribution in [3.63, 3.8) is 0 Å². The van der Waals surface area contributed by atoms with Crippen LogP contribution in [0.25, 0.3) is 0 Å². The van der Waals surface area contributed by atoms with E-state index in [1.165, 1.54) is 11.8 Å². The average molecular weight is 254 g/mol. The maximum Gasteiger partial charge on any atom is 1.00 e. The van der Waals surface area contributed by atoms with Gasteiger partial charge in [-0.3, -0.25) is 4.55 Å². The van der Waals surface area contributed by atoms with E-state index >= 15 is 0 Å². The van der Waals surface area contributed by atoms with Crippen molar-refractivity contribution in [2.75, 3.05) is 18.6 Å². The summed E-state index contributed by atoms with van der Waals surface area (Å²) in [6.07, 6.45) is 1.78. The third-order valence-corrected chi connectivity index (χ3v) is 2.69. The van der Waals surface area contributed by atoms with Crippen molar-refractivity contribution in [2.24, 2.45) is 0 Å². The van der Waals surface area contributed by atoms with Gasteiger partial charge in [-0.25, -0.2) is 0 Å². The second kappa shape index (κ2) is 8.12. The Labute approximate surface area is 124 Å². The van der Waals surface area contributed by atoms with Crippen molar-refractivity contribution in [1.82, 2.24) is 5.32 Å². The molecule has 0 aliphatic rings. The van der Waals surface area contributed by atoms with E-state index in [1.54, 1.807) is 6.26 Å². The first-order valence-electron chi connectivity index (χ1n) is 2.72. The van der Waals surface area contributed by atoms with Crippen LogP contribution in [0.5, 0.6) is 0 Å². The molecule has 8 heteroatoms. The Hall–Kier alpha value is 1.79. The zero-order valence-corrected chi connectivity index (χ0v) is 12.5. The minimum absolute atomic E-state index is 0. The SMILES string of the molecule is CSC(=S)NCCS(=O)(=O)O.[K+]. The zero-order valence-electron chi connectivity index (χ0n) is 6.90. The molecule has 0 amide bonds. The molecule has 0 spiro atoms. The van der Waals surface area contributed by atoms with Gasteiger partial charge in [-0.2, -0.15) is 8.42 Å². The normalized spacial score (nSPS) is 10.2. The minimum atomic E-state index is -3.86. The molecule has 0 aromatic rings. The van der Waals surface area contributed by atoms with Gasteiger partial charge in [0.25, 0.3) is 10.1 Å². The molecule has 0 fully saturated rings. The molecule has 0 atom stereocenters. The van der Waals surface area contributed by atoms with Gasteiger partial charge < -0.3 is 5.32 Å². The number of hydrogen-bond donors (Lipinski definition) is 2. The van der Waals surface area contributed by atoms with Crippen LogP contribution in [0.2, 0.25) is 0 Å². The van der Waals surface area contributed by atoms with Crippen LogP contribution in [-0.2, 0) is 10.1 Å². The summed E-state index contributed by atoms with van der Waals surface area (Å²) in [6.45, 7) is 0.151. The minimum Gasteiger partial charge on any atom is -0.370 e. The summed E-state index contributed by atoms with van der Waals surface area (Å²) < 4.78 is 29.1. The maximum absolute atomic E-state index is 10.2. The van der Waals surface area contributed by atoms with Crippen LogP contribution in [0.1, 0.15) is 0 Å². The van der Waals surface area contributed by atoms with Crippen molar-refractivity contribution >= 4 is 38.4 Å². The van der Waals surface area contributed by atoms with Crippen molar-refractivity contribution in [2.45, 2.75) is 0 Å². The molecule has 0 heterocycles. The van der Waals surface area contributed by atoms with Crippen LogP contribution in [0.4, 0.5) is 0 Å². The molecule has 0 aliphatic heterocycles. The van der Waals surface area contributed by atoms with Gasteiger partial charge in [0.2, 0.25) is 0 Å². The van der Waals surface area contributed by atoms with Crippen molar-refractivity contribution < 1.29 is 64.4 Å². The monoisotopic (exact) mass is 254 g/mol. The Kier molecular flexibility index (Phi) is 11.0. The summed E-state index contributed by atoms with van der Waals surface area (Å²) in [5.74, 6) is -0.312. The summed E-state index contributed by atoms with van der Waals surface area (Å²) in [7, 11) is -3.86. The molecule has 0 aliphatic carbocycles. The van der Waals surface area contributed by atoms with Crippen LogP contribution >= 0.6 is 24.0 Å². The van der Waals surface area contributed by atoms with E-state index in [0.717, 1.165) is 0 Å². The fourth-order valence-corrected chi connectivity index (χ4v) is 1.06. The summed E-state index contributed by atoms with van der Waals surface area (Å²) >= 11 is 6.04. The third-order valence-electron chi connectivity index (χ3n) is 0.815. The quantitative estimate of drug-likeness (QED) is 0.320. The molecule has 0 aromatic heterocycles. The Morgan fingerprint density at radius 1 is 1.67 bits per heavy atom. The molecule has 0 unspecified atom stereocenters. The topological polar surface area (TPSA) is 66.4 Å². The van der Waals surface area contributed by atoms with Gasteiger partial charge in [0.05, 0.1) is 5.75 Å². The zero-order chi connectivity index (χ0) is 8.91. The van der Waals surface area contributed by atoms with Gasteiger partial charge in [0.1, 0.15) is 4.32 Å². The van der Waals surface area contributed by atoms with Crippen LogP contribution in [-0.4, -0.2) is 35.8 Å². The molecule has 0 bridgehead atoms. The Bertz CT molecular complexity index is 228. The number of thiocarbonyl (C=S) groups is 1. The van der Waals surface area contributed by atoms with Gasteiger partial charge in [-0.05, 0) is 6.26 Å². The Balaban J connectivity index is 0. The predicted molar refractivity (Wildman–Crippen MR) is 50.5 cm³/mol. The smallest absolute Gasteiger partial charge is 0.370 e. The largest absolute Gasteiger partial charge is 1.00 e. The number of thioether (sulfide) groups is 1. The van der Waals surface area contributed by atoms with Crippen LogP contribution in [0.15, 0.2) is 0 Å². The molecule has 0 saturated carbocycles. The first-order valence-corrected chi connectivity index (χ1v) is 5.97. The molecule has 0 aromatic carbocycles. The van der Waals surface area contributed by atoms with E-state index in [9.17, 15) is 8.42 Å². The second-order valence-corrected chi connectivity index (χ2v) is 4.76. The van der Waals surface area contributed by atoms with E-state index in [1.807, 2.05) is 0 Å². The van der Waals surface area contributed by atoms with Gasteiger partial charge in [-0.1, -0.05) is 12.2 Å². The van der Waals surface area contributed by atoms with Crippen LogP contribution in [0, 0.1) is 0 Å². The van der Waals surface area contributed by atoms with Gasteiger partial charge in [0.15, 0.2) is 0 Å². The first-order chi connectivity index (χ1) is 4.95. The fourth-order valence-electron chi connectivity index (χ4n) is 0.354. The molecular formula is C4H9KNO3S3+. The van der Waals surface area contributed by atoms with E-state index in [-0.39, 0.29) is 63.7 Å². The summed E-state index contributed by atoms with van der Waals surface area (Å²) in [6, 6.07) is 0. The third kappa shape index (κ3) is 11.8. The number of rotatable bonds is 3. The molecule has 4 nitrogen and oxygen atoms in total. The molecular weight excluding hydrogens is 245 g/mol. The first kappa shape index (κ1) is 16.2. The van der Waals surface area contributed by atoms with E-state index in [0.29, 0.717) is 4.32 Å². The van der Waals surface area contributed by atoms with Gasteiger partial charge in [0, 0.05) is 6.54 Å². The Morgan fingerprint density at radius 2 is 2.17 bits per heavy atom. The van der Waals surface area contributed by atoms with E-state index < -0.39 is 10.1 Å². The van der Waals surface area contributed by atoms with Crippen molar-refractivity contribution in [3.8, 4) is 0 Å². The average Bonchev–Trinajstić information content (AvgIpc) is 1.85. The van der Waals surface area contributed by atoms with E-state index in [4.69, 9.17) is 16.8 Å². The summed E-state index contributed by atoms with van der Waals surface area (Å²) in [4.78, 5) is 0. The second-order valence-electron chi connectivity index (χ2n) is 1.70. The number of nitrogens with one attached hydrogen (secondary N) is 1. The summed E-state index contributed by atoms with van der Waals surface area (Å²) in [5.41, 5.74) is 0. The molecule has 0 saturated heterocycles. The maximum atomic E-state index is 10.2. The van der Waals surface area contributed by atoms with Crippen LogP contribution < -0.4 is 56.7 Å². The van der Waals surface area contributed by atoms with Crippen molar-refractivity contribution in [1.29, 1.82) is 0 Å². The van der Waals surface area contributed by atoms with Crippen LogP contribution in [0.3, 0.4) is 0 Å². The predicted octanol–water partition coefficient (Wildman–Crippen LogP) is -2.88. The van der Waals surface area contributed by atoms with Gasteiger partial charge in [-0.15, -0.1) is 11.8 Å². The van der Waals surface area contributed by atoms with E-state index in [2.05, 4.69) is 5.32 Å². The molecule has 0 radical (unpaired) electrons. The van der Waals surface area contributed by atoms with Crippen molar-refractivity contribution in [3.05, 3.63) is 0 Å². The standard InChI is InChI=1S/C4H9NO3S3.K/c1-10-4(9)5-2-3-11(6,7)8;/h2-3H2,1H3,(H,5,9)(H,6,7,8);/q;+1.